The summed E-state index contributed by atoms with van der Waals surface area (Å²) in [7, 11) is 0. The predicted octanol–water partition coefficient (Wildman–Crippen LogP) is 3.92. The Morgan fingerprint density at radius 2 is 2.00 bits per heavy atom. The van der Waals surface area contributed by atoms with E-state index in [1.54, 1.807) is 6.07 Å². The first-order valence-corrected chi connectivity index (χ1v) is 10.3. The number of hydrogen-bond acceptors (Lipinski definition) is 5. The fraction of sp³-hybridized carbons (Fsp3) is 0.250. The van der Waals surface area contributed by atoms with Crippen LogP contribution >= 0.6 is 23.4 Å². The molecular formula is C20H20ClN5OS. The molecule has 0 bridgehead atoms. The van der Waals surface area contributed by atoms with Crippen LogP contribution < -0.4 is 11.2 Å². The van der Waals surface area contributed by atoms with E-state index in [0.717, 1.165) is 18.5 Å². The summed E-state index contributed by atoms with van der Waals surface area (Å²) in [6.45, 7) is 1.82. The van der Waals surface area contributed by atoms with Crippen molar-refractivity contribution < 1.29 is 4.79 Å². The molecule has 0 fully saturated rings. The number of carbonyl (C=O) groups excluding carboxylic acids is 1. The fourth-order valence-corrected chi connectivity index (χ4v) is 4.28. The second-order valence-corrected chi connectivity index (χ2v) is 8.46. The third kappa shape index (κ3) is 3.72. The van der Waals surface area contributed by atoms with Crippen LogP contribution in [-0.2, 0) is 17.6 Å². The molecule has 0 spiro atoms. The van der Waals surface area contributed by atoms with Crippen molar-refractivity contribution in [2.45, 2.75) is 36.6 Å². The molecule has 1 amide bonds. The third-order valence-corrected chi connectivity index (χ3v) is 6.18. The van der Waals surface area contributed by atoms with Gasteiger partial charge >= 0.3 is 0 Å². The van der Waals surface area contributed by atoms with E-state index in [2.05, 4.69) is 27.6 Å². The molecule has 1 heterocycles. The lowest BCUT2D eigenvalue weighted by molar-refractivity contribution is -0.115. The summed E-state index contributed by atoms with van der Waals surface area (Å²) in [6.07, 6.45) is 3.37. The van der Waals surface area contributed by atoms with Gasteiger partial charge in [-0.1, -0.05) is 41.6 Å². The Labute approximate surface area is 172 Å². The van der Waals surface area contributed by atoms with Gasteiger partial charge in [-0.05, 0) is 61.6 Å². The Bertz CT molecular complexity index is 1040. The molecule has 144 valence electrons. The van der Waals surface area contributed by atoms with Crippen LogP contribution in [0.1, 0.15) is 24.5 Å². The van der Waals surface area contributed by atoms with Crippen LogP contribution in [0.5, 0.6) is 0 Å². The number of anilines is 1. The number of amides is 1. The van der Waals surface area contributed by atoms with Crippen LogP contribution in [-0.4, -0.2) is 26.0 Å². The molecule has 2 aromatic carbocycles. The second-order valence-electron chi connectivity index (χ2n) is 6.74. The highest BCUT2D eigenvalue weighted by atomic mass is 35.5. The van der Waals surface area contributed by atoms with Gasteiger partial charge in [-0.3, -0.25) is 4.79 Å². The van der Waals surface area contributed by atoms with Crippen molar-refractivity contribution in [3.05, 3.63) is 58.6 Å². The average Bonchev–Trinajstić information content (AvgIpc) is 3.29. The summed E-state index contributed by atoms with van der Waals surface area (Å²) in [5.74, 6) is 6.50. The van der Waals surface area contributed by atoms with Gasteiger partial charge in [0.1, 0.15) is 0 Å². The monoisotopic (exact) mass is 413 g/mol. The van der Waals surface area contributed by atoms with Crippen LogP contribution in [0.3, 0.4) is 0 Å². The van der Waals surface area contributed by atoms with E-state index in [4.69, 9.17) is 17.4 Å². The van der Waals surface area contributed by atoms with Crippen molar-refractivity contribution in [1.82, 2.24) is 14.9 Å². The summed E-state index contributed by atoms with van der Waals surface area (Å²) in [6, 6.07) is 13.4. The minimum atomic E-state index is -0.390. The molecule has 6 nitrogen and oxygen atoms in total. The van der Waals surface area contributed by atoms with Crippen molar-refractivity contribution in [2.75, 3.05) is 11.2 Å². The number of halogens is 1. The van der Waals surface area contributed by atoms with Gasteiger partial charge in [-0.2, -0.15) is 0 Å². The van der Waals surface area contributed by atoms with Gasteiger partial charge in [-0.15, -0.1) is 10.2 Å². The zero-order valence-electron chi connectivity index (χ0n) is 15.4. The van der Waals surface area contributed by atoms with E-state index in [9.17, 15) is 4.79 Å². The zero-order valence-corrected chi connectivity index (χ0v) is 16.9. The van der Waals surface area contributed by atoms with Gasteiger partial charge in [-0.25, -0.2) is 4.68 Å². The Balaban J connectivity index is 1.46. The Morgan fingerprint density at radius 1 is 1.21 bits per heavy atom. The normalized spacial score (nSPS) is 13.9. The maximum atomic E-state index is 12.6. The number of nitrogens with one attached hydrogen (secondary N) is 1. The molecule has 1 atom stereocenters. The van der Waals surface area contributed by atoms with E-state index in [-0.39, 0.29) is 11.2 Å². The highest BCUT2D eigenvalue weighted by molar-refractivity contribution is 8.00. The van der Waals surface area contributed by atoms with Crippen molar-refractivity contribution in [2.24, 2.45) is 0 Å². The number of rotatable bonds is 5. The van der Waals surface area contributed by atoms with Gasteiger partial charge in [0.2, 0.25) is 11.1 Å². The molecule has 3 N–H and O–H groups in total. The van der Waals surface area contributed by atoms with Crippen molar-refractivity contribution in [3.8, 4) is 11.4 Å². The molecule has 0 saturated carbocycles. The standard InChI is InChI=1S/C20H20ClN5OS/c1-12(19(27)23-15-10-9-13-5-4-6-14(13)11-15)28-20-25-24-18(26(20)22)16-7-2-3-8-17(16)21/h2-3,7-12H,4-6,22H2,1H3,(H,23,27). The maximum absolute atomic E-state index is 12.6. The van der Waals surface area contributed by atoms with E-state index in [1.807, 2.05) is 31.2 Å². The zero-order chi connectivity index (χ0) is 19.7. The molecule has 0 saturated heterocycles. The van der Waals surface area contributed by atoms with E-state index in [0.29, 0.717) is 21.6 Å². The lowest BCUT2D eigenvalue weighted by Crippen LogP contribution is -2.23. The molecule has 0 aliphatic heterocycles. The Kier molecular flexibility index (Phi) is 5.28. The largest absolute Gasteiger partial charge is 0.335 e. The number of benzene rings is 2. The van der Waals surface area contributed by atoms with Crippen LogP contribution in [0.25, 0.3) is 11.4 Å². The predicted molar refractivity (Wildman–Crippen MR) is 113 cm³/mol. The van der Waals surface area contributed by atoms with Gasteiger partial charge in [0.25, 0.3) is 0 Å². The highest BCUT2D eigenvalue weighted by Gasteiger charge is 2.21. The van der Waals surface area contributed by atoms with E-state index < -0.39 is 0 Å². The first-order chi connectivity index (χ1) is 13.5. The first kappa shape index (κ1) is 18.8. The van der Waals surface area contributed by atoms with Crippen molar-refractivity contribution in [1.29, 1.82) is 0 Å². The Morgan fingerprint density at radius 3 is 2.82 bits per heavy atom. The quantitative estimate of drug-likeness (QED) is 0.489. The summed E-state index contributed by atoms with van der Waals surface area (Å²) in [5.41, 5.74) is 4.22. The van der Waals surface area contributed by atoms with Gasteiger partial charge < -0.3 is 11.2 Å². The van der Waals surface area contributed by atoms with Crippen molar-refractivity contribution in [3.63, 3.8) is 0 Å². The smallest absolute Gasteiger partial charge is 0.237 e. The number of fused-ring (bicyclic) bond motifs is 1. The molecule has 4 rings (SSSR count). The molecule has 3 aromatic rings. The van der Waals surface area contributed by atoms with Crippen molar-refractivity contribution >= 4 is 35.0 Å². The van der Waals surface area contributed by atoms with Gasteiger partial charge in [0, 0.05) is 11.3 Å². The van der Waals surface area contributed by atoms with Crippen LogP contribution in [0.4, 0.5) is 5.69 Å². The van der Waals surface area contributed by atoms with E-state index >= 15 is 0 Å². The Hall–Kier alpha value is -2.51. The summed E-state index contributed by atoms with van der Waals surface area (Å²) >= 11 is 7.47. The number of nitrogen functional groups attached to an aromatic ring is 1. The molecule has 8 heteroatoms. The third-order valence-electron chi connectivity index (χ3n) is 4.80. The summed E-state index contributed by atoms with van der Waals surface area (Å²) in [5, 5.41) is 11.8. The first-order valence-electron chi connectivity index (χ1n) is 9.07. The van der Waals surface area contributed by atoms with Crippen LogP contribution in [0.2, 0.25) is 5.02 Å². The average molecular weight is 414 g/mol. The van der Waals surface area contributed by atoms with Crippen LogP contribution in [0.15, 0.2) is 47.6 Å². The number of nitrogens with zero attached hydrogens (tertiary/aromatic N) is 3. The molecule has 1 aromatic heterocycles. The highest BCUT2D eigenvalue weighted by Crippen LogP contribution is 2.30. The fourth-order valence-electron chi connectivity index (χ4n) is 3.29. The number of thioether (sulfide) groups is 1. The molecule has 1 unspecified atom stereocenters. The summed E-state index contributed by atoms with van der Waals surface area (Å²) in [4.78, 5) is 12.6. The molecule has 1 aliphatic carbocycles. The van der Waals surface area contributed by atoms with Gasteiger partial charge in [0.05, 0.1) is 10.3 Å². The van der Waals surface area contributed by atoms with Gasteiger partial charge in [0.15, 0.2) is 5.82 Å². The topological polar surface area (TPSA) is 85.8 Å². The minimum absolute atomic E-state index is 0.106. The van der Waals surface area contributed by atoms with E-state index in [1.165, 1.54) is 34.0 Å². The lowest BCUT2D eigenvalue weighted by atomic mass is 10.1. The minimum Gasteiger partial charge on any atom is -0.335 e. The number of carbonyl (C=O) groups is 1. The number of hydrogen-bond donors (Lipinski definition) is 2. The number of aromatic nitrogens is 3. The number of nitrogens with two attached hydrogens (primary N) is 1. The molecule has 28 heavy (non-hydrogen) atoms. The number of aryl methyl sites for hydroxylation is 2. The molecule has 0 radical (unpaired) electrons. The van der Waals surface area contributed by atoms with Crippen LogP contribution in [0, 0.1) is 0 Å². The molecule has 1 aliphatic rings. The maximum Gasteiger partial charge on any atom is 0.237 e. The summed E-state index contributed by atoms with van der Waals surface area (Å²) < 4.78 is 1.37. The lowest BCUT2D eigenvalue weighted by Gasteiger charge is -2.12. The second kappa shape index (κ2) is 7.85. The molecular weight excluding hydrogens is 394 g/mol. The SMILES string of the molecule is CC(Sc1nnc(-c2ccccc2Cl)n1N)C(=O)Nc1ccc2c(c1)CCC2.